The van der Waals surface area contributed by atoms with Gasteiger partial charge in [-0.3, -0.25) is 0 Å². The predicted octanol–water partition coefficient (Wildman–Crippen LogP) is 4.08. The zero-order chi connectivity index (χ0) is 13.8. The van der Waals surface area contributed by atoms with Crippen molar-refractivity contribution < 1.29 is 9.84 Å². The maximum atomic E-state index is 10.3. The zero-order valence-corrected chi connectivity index (χ0v) is 11.3. The monoisotopic (exact) mass is 266 g/mol. The first-order valence-corrected chi connectivity index (χ1v) is 7.01. The van der Waals surface area contributed by atoms with Crippen LogP contribution in [0.1, 0.15) is 24.5 Å². The van der Waals surface area contributed by atoms with Crippen LogP contribution in [-0.4, -0.2) is 11.7 Å². The third-order valence-corrected chi connectivity index (χ3v) is 3.57. The van der Waals surface area contributed by atoms with E-state index in [0.717, 1.165) is 24.0 Å². The van der Waals surface area contributed by atoms with Gasteiger partial charge >= 0.3 is 0 Å². The molecular formula is C18H18O2. The lowest BCUT2D eigenvalue weighted by molar-refractivity contribution is 0.0918. The van der Waals surface area contributed by atoms with Crippen LogP contribution in [0, 0.1) is 0 Å². The Kier molecular flexibility index (Phi) is 3.84. The summed E-state index contributed by atoms with van der Waals surface area (Å²) in [5, 5.41) is 10.3. The van der Waals surface area contributed by atoms with Gasteiger partial charge in [0.2, 0.25) is 0 Å². The third kappa shape index (κ3) is 2.75. The standard InChI is InChI=1S/C18H18O2/c19-18(17-8-4-5-13-20-17)16-11-9-15(10-12-16)14-6-2-1-3-7-14/h1-3,6-12,18-19H,4-5,13H2. The summed E-state index contributed by atoms with van der Waals surface area (Å²) in [5.74, 6) is 0.684. The Labute approximate surface area is 119 Å². The van der Waals surface area contributed by atoms with Crippen molar-refractivity contribution in [3.63, 3.8) is 0 Å². The smallest absolute Gasteiger partial charge is 0.136 e. The topological polar surface area (TPSA) is 29.5 Å². The summed E-state index contributed by atoms with van der Waals surface area (Å²) in [5.41, 5.74) is 3.21. The summed E-state index contributed by atoms with van der Waals surface area (Å²) >= 11 is 0. The van der Waals surface area contributed by atoms with Gasteiger partial charge in [0.05, 0.1) is 6.61 Å². The van der Waals surface area contributed by atoms with Crippen LogP contribution < -0.4 is 0 Å². The number of aliphatic hydroxyl groups is 1. The molecule has 0 saturated carbocycles. The normalized spacial score (nSPS) is 16.1. The minimum absolute atomic E-state index is 0.653. The molecule has 0 aromatic heterocycles. The van der Waals surface area contributed by atoms with Gasteiger partial charge in [0, 0.05) is 0 Å². The highest BCUT2D eigenvalue weighted by molar-refractivity contribution is 5.63. The van der Waals surface area contributed by atoms with E-state index >= 15 is 0 Å². The second-order valence-corrected chi connectivity index (χ2v) is 4.99. The predicted molar refractivity (Wildman–Crippen MR) is 80.1 cm³/mol. The molecule has 2 aromatic carbocycles. The van der Waals surface area contributed by atoms with Crippen LogP contribution >= 0.6 is 0 Å². The first-order valence-electron chi connectivity index (χ1n) is 7.01. The van der Waals surface area contributed by atoms with Gasteiger partial charge in [0.15, 0.2) is 0 Å². The molecule has 0 saturated heterocycles. The number of allylic oxidation sites excluding steroid dienone is 1. The first kappa shape index (κ1) is 12.9. The number of hydrogen-bond acceptors (Lipinski definition) is 2. The minimum atomic E-state index is -0.653. The molecule has 1 atom stereocenters. The maximum Gasteiger partial charge on any atom is 0.136 e. The van der Waals surface area contributed by atoms with Crippen LogP contribution in [0.15, 0.2) is 66.4 Å². The van der Waals surface area contributed by atoms with E-state index in [1.165, 1.54) is 5.56 Å². The van der Waals surface area contributed by atoms with Gasteiger partial charge in [0.25, 0.3) is 0 Å². The van der Waals surface area contributed by atoms with Crippen molar-refractivity contribution >= 4 is 0 Å². The Balaban J connectivity index is 1.81. The number of hydrogen-bond donors (Lipinski definition) is 1. The van der Waals surface area contributed by atoms with Gasteiger partial charge in [-0.2, -0.15) is 0 Å². The van der Waals surface area contributed by atoms with E-state index in [1.54, 1.807) is 0 Å². The molecule has 2 aromatic rings. The van der Waals surface area contributed by atoms with E-state index < -0.39 is 6.10 Å². The van der Waals surface area contributed by atoms with E-state index in [0.29, 0.717) is 12.4 Å². The fourth-order valence-corrected chi connectivity index (χ4v) is 2.42. The lowest BCUT2D eigenvalue weighted by atomic mass is 10.0. The minimum Gasteiger partial charge on any atom is -0.495 e. The SMILES string of the molecule is OC(C1=CCCCO1)c1ccc(-c2ccccc2)cc1. The molecule has 2 heteroatoms. The maximum absolute atomic E-state index is 10.3. The van der Waals surface area contributed by atoms with E-state index in [9.17, 15) is 5.11 Å². The van der Waals surface area contributed by atoms with E-state index in [-0.39, 0.29) is 0 Å². The summed E-state index contributed by atoms with van der Waals surface area (Å²) in [7, 11) is 0. The van der Waals surface area contributed by atoms with Crippen LogP contribution in [0.5, 0.6) is 0 Å². The molecule has 0 radical (unpaired) electrons. The summed E-state index contributed by atoms with van der Waals surface area (Å²) in [6.45, 7) is 0.699. The lowest BCUT2D eigenvalue weighted by Crippen LogP contribution is -2.09. The van der Waals surface area contributed by atoms with Crippen molar-refractivity contribution in [2.45, 2.75) is 18.9 Å². The van der Waals surface area contributed by atoms with Crippen molar-refractivity contribution in [3.05, 3.63) is 72.0 Å². The number of benzene rings is 2. The second-order valence-electron chi connectivity index (χ2n) is 4.99. The zero-order valence-electron chi connectivity index (χ0n) is 11.3. The second kappa shape index (κ2) is 5.93. The molecule has 102 valence electrons. The molecule has 1 N–H and O–H groups in total. The largest absolute Gasteiger partial charge is 0.495 e. The van der Waals surface area contributed by atoms with Crippen molar-refractivity contribution in [1.29, 1.82) is 0 Å². The Hall–Kier alpha value is -2.06. The molecule has 3 rings (SSSR count). The highest BCUT2D eigenvalue weighted by Crippen LogP contribution is 2.28. The molecule has 0 amide bonds. The van der Waals surface area contributed by atoms with Crippen LogP contribution in [0.2, 0.25) is 0 Å². The molecule has 1 aliphatic rings. The van der Waals surface area contributed by atoms with Crippen molar-refractivity contribution in [3.8, 4) is 11.1 Å². The quantitative estimate of drug-likeness (QED) is 0.907. The summed E-state index contributed by atoms with van der Waals surface area (Å²) < 4.78 is 5.52. The fraction of sp³-hybridized carbons (Fsp3) is 0.222. The van der Waals surface area contributed by atoms with Crippen LogP contribution in [0.3, 0.4) is 0 Å². The van der Waals surface area contributed by atoms with Crippen molar-refractivity contribution in [2.75, 3.05) is 6.61 Å². The van der Waals surface area contributed by atoms with Crippen LogP contribution in [0.4, 0.5) is 0 Å². The molecule has 0 spiro atoms. The molecule has 2 nitrogen and oxygen atoms in total. The highest BCUT2D eigenvalue weighted by atomic mass is 16.5. The Morgan fingerprint density at radius 2 is 1.60 bits per heavy atom. The highest BCUT2D eigenvalue weighted by Gasteiger charge is 2.16. The van der Waals surface area contributed by atoms with Crippen LogP contribution in [0.25, 0.3) is 11.1 Å². The van der Waals surface area contributed by atoms with Gasteiger partial charge < -0.3 is 9.84 Å². The third-order valence-electron chi connectivity index (χ3n) is 3.57. The van der Waals surface area contributed by atoms with E-state index in [2.05, 4.69) is 12.1 Å². The number of rotatable bonds is 3. The summed E-state index contributed by atoms with van der Waals surface area (Å²) in [6.07, 6.45) is 3.34. The Morgan fingerprint density at radius 3 is 2.25 bits per heavy atom. The average molecular weight is 266 g/mol. The molecule has 1 aliphatic heterocycles. The van der Waals surface area contributed by atoms with E-state index in [4.69, 9.17) is 4.74 Å². The molecule has 1 unspecified atom stereocenters. The Morgan fingerprint density at radius 1 is 0.900 bits per heavy atom. The summed E-state index contributed by atoms with van der Waals surface area (Å²) in [6, 6.07) is 18.2. The molecule has 0 fully saturated rings. The molecular weight excluding hydrogens is 248 g/mol. The van der Waals surface area contributed by atoms with Gasteiger partial charge in [-0.1, -0.05) is 54.6 Å². The average Bonchev–Trinajstić information content (AvgIpc) is 2.56. The number of aliphatic hydroxyl groups excluding tert-OH is 1. The Bertz CT molecular complexity index is 585. The van der Waals surface area contributed by atoms with Gasteiger partial charge in [-0.15, -0.1) is 0 Å². The van der Waals surface area contributed by atoms with E-state index in [1.807, 2.05) is 48.5 Å². The van der Waals surface area contributed by atoms with Gasteiger partial charge in [0.1, 0.15) is 11.9 Å². The first-order chi connectivity index (χ1) is 9.84. The van der Waals surface area contributed by atoms with Crippen molar-refractivity contribution in [1.82, 2.24) is 0 Å². The summed E-state index contributed by atoms with van der Waals surface area (Å²) in [4.78, 5) is 0. The number of ether oxygens (including phenoxy) is 1. The van der Waals surface area contributed by atoms with Gasteiger partial charge in [-0.05, 0) is 35.6 Å². The van der Waals surface area contributed by atoms with Crippen molar-refractivity contribution in [2.24, 2.45) is 0 Å². The fourth-order valence-electron chi connectivity index (χ4n) is 2.42. The lowest BCUT2D eigenvalue weighted by Gasteiger charge is -2.20. The van der Waals surface area contributed by atoms with Crippen LogP contribution in [-0.2, 0) is 4.74 Å². The van der Waals surface area contributed by atoms with Gasteiger partial charge in [-0.25, -0.2) is 0 Å². The molecule has 20 heavy (non-hydrogen) atoms. The molecule has 0 bridgehead atoms. The molecule has 0 aliphatic carbocycles. The molecule has 1 heterocycles.